The average molecular weight is 195 g/mol. The van der Waals surface area contributed by atoms with Gasteiger partial charge in [0.2, 0.25) is 0 Å². The SMILES string of the molecule is CCCN(CCC)CP(=O)(O)O. The lowest BCUT2D eigenvalue weighted by Gasteiger charge is -2.20. The second-order valence-electron chi connectivity index (χ2n) is 2.92. The van der Waals surface area contributed by atoms with Crippen LogP contribution in [0.4, 0.5) is 0 Å². The quantitative estimate of drug-likeness (QED) is 0.626. The van der Waals surface area contributed by atoms with Gasteiger partial charge in [-0.3, -0.25) is 9.46 Å². The summed E-state index contributed by atoms with van der Waals surface area (Å²) in [6.07, 6.45) is 1.76. The number of rotatable bonds is 6. The molecule has 0 saturated carbocycles. The molecular formula is C7H18NO3P. The summed E-state index contributed by atoms with van der Waals surface area (Å²) in [5, 5.41) is 0. The van der Waals surface area contributed by atoms with Crippen molar-refractivity contribution in [1.29, 1.82) is 0 Å². The van der Waals surface area contributed by atoms with Crippen molar-refractivity contribution in [3.63, 3.8) is 0 Å². The molecule has 0 aromatic rings. The molecule has 0 rings (SSSR count). The molecule has 0 amide bonds. The maximum atomic E-state index is 10.6. The van der Waals surface area contributed by atoms with E-state index in [9.17, 15) is 4.57 Å². The van der Waals surface area contributed by atoms with E-state index in [1.165, 1.54) is 0 Å². The highest BCUT2D eigenvalue weighted by molar-refractivity contribution is 7.51. The van der Waals surface area contributed by atoms with Crippen LogP contribution in [0.2, 0.25) is 0 Å². The first-order chi connectivity index (χ1) is 5.49. The lowest BCUT2D eigenvalue weighted by Crippen LogP contribution is -2.26. The average Bonchev–Trinajstić information content (AvgIpc) is 1.84. The van der Waals surface area contributed by atoms with Crippen LogP contribution in [0.3, 0.4) is 0 Å². The Hall–Kier alpha value is 0.110. The molecule has 0 aromatic carbocycles. The molecule has 2 N–H and O–H groups in total. The fraction of sp³-hybridized carbons (Fsp3) is 1.00. The van der Waals surface area contributed by atoms with Crippen molar-refractivity contribution in [2.75, 3.05) is 19.4 Å². The fourth-order valence-corrected chi connectivity index (χ4v) is 1.95. The smallest absolute Gasteiger partial charge is 0.324 e. The summed E-state index contributed by atoms with van der Waals surface area (Å²) >= 11 is 0. The van der Waals surface area contributed by atoms with Crippen molar-refractivity contribution in [3.8, 4) is 0 Å². The van der Waals surface area contributed by atoms with Crippen LogP contribution in [-0.4, -0.2) is 34.1 Å². The highest BCUT2D eigenvalue weighted by Gasteiger charge is 2.17. The van der Waals surface area contributed by atoms with Gasteiger partial charge < -0.3 is 9.79 Å². The van der Waals surface area contributed by atoms with Gasteiger partial charge in [0, 0.05) is 0 Å². The molecule has 0 saturated heterocycles. The van der Waals surface area contributed by atoms with Crippen LogP contribution < -0.4 is 0 Å². The van der Waals surface area contributed by atoms with Crippen LogP contribution in [0.25, 0.3) is 0 Å². The van der Waals surface area contributed by atoms with Crippen molar-refractivity contribution in [1.82, 2.24) is 4.90 Å². The van der Waals surface area contributed by atoms with Crippen molar-refractivity contribution in [3.05, 3.63) is 0 Å². The van der Waals surface area contributed by atoms with Crippen LogP contribution in [0.5, 0.6) is 0 Å². The molecule has 0 atom stereocenters. The first-order valence-electron chi connectivity index (χ1n) is 4.26. The van der Waals surface area contributed by atoms with Crippen molar-refractivity contribution < 1.29 is 14.4 Å². The number of hydrogen-bond donors (Lipinski definition) is 2. The fourth-order valence-electron chi connectivity index (χ4n) is 1.15. The summed E-state index contributed by atoms with van der Waals surface area (Å²) in [7, 11) is -3.86. The van der Waals surface area contributed by atoms with E-state index in [0.717, 1.165) is 25.9 Å². The van der Waals surface area contributed by atoms with Gasteiger partial charge in [0.05, 0.1) is 0 Å². The van der Waals surface area contributed by atoms with E-state index < -0.39 is 7.60 Å². The Bertz CT molecular complexity index is 151. The van der Waals surface area contributed by atoms with Gasteiger partial charge in [0.1, 0.15) is 6.29 Å². The molecule has 0 aliphatic rings. The molecule has 0 aliphatic carbocycles. The van der Waals surface area contributed by atoms with Gasteiger partial charge >= 0.3 is 7.60 Å². The third-order valence-electron chi connectivity index (χ3n) is 1.46. The minimum absolute atomic E-state index is 0.103. The normalized spacial score (nSPS) is 12.4. The monoisotopic (exact) mass is 195 g/mol. The predicted molar refractivity (Wildman–Crippen MR) is 49.1 cm³/mol. The Balaban J connectivity index is 3.86. The van der Waals surface area contributed by atoms with Gasteiger partial charge in [-0.05, 0) is 25.9 Å². The molecule has 0 radical (unpaired) electrons. The first-order valence-corrected chi connectivity index (χ1v) is 6.06. The standard InChI is InChI=1S/C7H18NO3P/c1-3-5-8(6-4-2)7-12(9,10)11/h3-7H2,1-2H3,(H2,9,10,11). The Morgan fingerprint density at radius 1 is 1.17 bits per heavy atom. The summed E-state index contributed by atoms with van der Waals surface area (Å²) in [4.78, 5) is 19.2. The van der Waals surface area contributed by atoms with E-state index in [4.69, 9.17) is 9.79 Å². The van der Waals surface area contributed by atoms with E-state index in [0.29, 0.717) is 0 Å². The van der Waals surface area contributed by atoms with Gasteiger partial charge in [-0.1, -0.05) is 13.8 Å². The number of nitrogens with zero attached hydrogens (tertiary/aromatic N) is 1. The second-order valence-corrected chi connectivity index (χ2v) is 4.54. The van der Waals surface area contributed by atoms with Gasteiger partial charge in [0.15, 0.2) is 0 Å². The van der Waals surface area contributed by atoms with Gasteiger partial charge in [-0.25, -0.2) is 0 Å². The Kier molecular flexibility index (Phi) is 5.76. The molecule has 0 spiro atoms. The largest absolute Gasteiger partial charge is 0.339 e. The summed E-state index contributed by atoms with van der Waals surface area (Å²) in [6, 6.07) is 0. The topological polar surface area (TPSA) is 60.8 Å². The predicted octanol–water partition coefficient (Wildman–Crippen LogP) is 1.24. The molecule has 74 valence electrons. The Labute approximate surface area is 73.7 Å². The van der Waals surface area contributed by atoms with Gasteiger partial charge in [-0.15, -0.1) is 0 Å². The third-order valence-corrected chi connectivity index (χ3v) is 2.23. The molecule has 5 heteroatoms. The van der Waals surface area contributed by atoms with Crippen LogP contribution >= 0.6 is 7.60 Å². The lowest BCUT2D eigenvalue weighted by atomic mass is 10.4. The van der Waals surface area contributed by atoms with Crippen molar-refractivity contribution in [2.24, 2.45) is 0 Å². The van der Waals surface area contributed by atoms with E-state index in [2.05, 4.69) is 0 Å². The molecule has 0 fully saturated rings. The zero-order chi connectivity index (χ0) is 9.61. The zero-order valence-corrected chi connectivity index (χ0v) is 8.63. The Morgan fingerprint density at radius 2 is 1.58 bits per heavy atom. The third kappa shape index (κ3) is 6.80. The van der Waals surface area contributed by atoms with Crippen LogP contribution in [0, 0.1) is 0 Å². The molecule has 0 bridgehead atoms. The molecular weight excluding hydrogens is 177 g/mol. The molecule has 0 aliphatic heterocycles. The van der Waals surface area contributed by atoms with Crippen molar-refractivity contribution in [2.45, 2.75) is 26.7 Å². The van der Waals surface area contributed by atoms with Gasteiger partial charge in [-0.2, -0.15) is 0 Å². The van der Waals surface area contributed by atoms with E-state index >= 15 is 0 Å². The molecule has 0 unspecified atom stereocenters. The van der Waals surface area contributed by atoms with Crippen molar-refractivity contribution >= 4 is 7.60 Å². The highest BCUT2D eigenvalue weighted by Crippen LogP contribution is 2.34. The Morgan fingerprint density at radius 3 is 1.83 bits per heavy atom. The van der Waals surface area contributed by atoms with Crippen LogP contribution in [0.15, 0.2) is 0 Å². The molecule has 12 heavy (non-hydrogen) atoms. The van der Waals surface area contributed by atoms with E-state index in [1.807, 2.05) is 13.8 Å². The van der Waals surface area contributed by atoms with E-state index in [1.54, 1.807) is 4.90 Å². The lowest BCUT2D eigenvalue weighted by molar-refractivity contribution is 0.276. The summed E-state index contributed by atoms with van der Waals surface area (Å²) < 4.78 is 10.6. The maximum absolute atomic E-state index is 10.6. The molecule has 0 aromatic heterocycles. The number of hydrogen-bond acceptors (Lipinski definition) is 2. The molecule has 0 heterocycles. The van der Waals surface area contributed by atoms with Crippen LogP contribution in [-0.2, 0) is 4.57 Å². The molecule has 4 nitrogen and oxygen atoms in total. The minimum Gasteiger partial charge on any atom is -0.324 e. The van der Waals surface area contributed by atoms with Gasteiger partial charge in [0.25, 0.3) is 0 Å². The van der Waals surface area contributed by atoms with E-state index in [-0.39, 0.29) is 6.29 Å². The highest BCUT2D eigenvalue weighted by atomic mass is 31.2. The second kappa shape index (κ2) is 5.70. The first kappa shape index (κ1) is 12.1. The van der Waals surface area contributed by atoms with Crippen LogP contribution in [0.1, 0.15) is 26.7 Å². The summed E-state index contributed by atoms with van der Waals surface area (Å²) in [5.74, 6) is 0. The summed E-state index contributed by atoms with van der Waals surface area (Å²) in [6.45, 7) is 5.53. The minimum atomic E-state index is -3.86. The summed E-state index contributed by atoms with van der Waals surface area (Å²) in [5.41, 5.74) is 0. The maximum Gasteiger partial charge on any atom is 0.339 e. The zero-order valence-electron chi connectivity index (χ0n) is 7.73.